The number of methoxy groups -OCH3 is 2. The van der Waals surface area contributed by atoms with Crippen molar-refractivity contribution in [2.75, 3.05) is 19.5 Å². The zero-order valence-corrected chi connectivity index (χ0v) is 18.5. The summed E-state index contributed by atoms with van der Waals surface area (Å²) in [4.78, 5) is 18.4. The lowest BCUT2D eigenvalue weighted by molar-refractivity contribution is 0.102. The molecule has 0 radical (unpaired) electrons. The van der Waals surface area contributed by atoms with Crippen molar-refractivity contribution in [3.05, 3.63) is 70.9 Å². The minimum Gasteiger partial charge on any atom is -0.493 e. The van der Waals surface area contributed by atoms with Crippen molar-refractivity contribution in [2.45, 2.75) is 13.8 Å². The molecule has 4 aromatic rings. The smallest absolute Gasteiger partial charge is 0.277 e. The maximum Gasteiger partial charge on any atom is 0.277 e. The molecule has 158 valence electrons. The molecule has 0 aliphatic rings. The van der Waals surface area contributed by atoms with Gasteiger partial charge in [-0.2, -0.15) is 5.10 Å². The second-order valence-electron chi connectivity index (χ2n) is 6.87. The average molecular weight is 435 g/mol. The number of amides is 1. The molecule has 0 atom stereocenters. The van der Waals surface area contributed by atoms with Gasteiger partial charge in [0.05, 0.1) is 25.6 Å². The number of hydrogen-bond donors (Lipinski definition) is 1. The molecule has 0 spiro atoms. The van der Waals surface area contributed by atoms with Crippen LogP contribution in [0.25, 0.3) is 16.9 Å². The van der Waals surface area contributed by atoms with Crippen LogP contribution in [0.2, 0.25) is 0 Å². The fourth-order valence-corrected chi connectivity index (χ4v) is 4.11. The van der Waals surface area contributed by atoms with Gasteiger partial charge >= 0.3 is 0 Å². The van der Waals surface area contributed by atoms with Crippen LogP contribution in [0.5, 0.6) is 11.5 Å². The third-order valence-electron chi connectivity index (χ3n) is 4.79. The number of carbonyl (C=O) groups excluding carboxylic acids is 1. The lowest BCUT2D eigenvalue weighted by Gasteiger charge is -2.08. The Hall–Kier alpha value is -3.65. The van der Waals surface area contributed by atoms with E-state index in [0.29, 0.717) is 22.3 Å². The topological polar surface area (TPSA) is 78.3 Å². The Morgan fingerprint density at radius 3 is 2.45 bits per heavy atom. The van der Waals surface area contributed by atoms with Crippen molar-refractivity contribution in [2.24, 2.45) is 0 Å². The number of thiazole rings is 1. The number of rotatable bonds is 6. The third kappa shape index (κ3) is 4.15. The Bertz CT molecular complexity index is 1230. The molecular weight excluding hydrogens is 412 g/mol. The first-order valence-electron chi connectivity index (χ1n) is 9.63. The molecule has 0 unspecified atom stereocenters. The Balaban J connectivity index is 1.57. The third-order valence-corrected chi connectivity index (χ3v) is 5.68. The highest BCUT2D eigenvalue weighted by molar-refractivity contribution is 7.16. The molecule has 31 heavy (non-hydrogen) atoms. The van der Waals surface area contributed by atoms with E-state index in [1.54, 1.807) is 25.0 Å². The first-order chi connectivity index (χ1) is 15.0. The molecule has 7 nitrogen and oxygen atoms in total. The van der Waals surface area contributed by atoms with Crippen LogP contribution in [0, 0.1) is 13.8 Å². The van der Waals surface area contributed by atoms with Crippen LogP contribution >= 0.6 is 11.3 Å². The van der Waals surface area contributed by atoms with E-state index < -0.39 is 0 Å². The normalized spacial score (nSPS) is 10.7. The largest absolute Gasteiger partial charge is 0.493 e. The van der Waals surface area contributed by atoms with E-state index in [0.717, 1.165) is 27.5 Å². The molecule has 0 aliphatic carbocycles. The Labute approximate surface area is 184 Å². The molecule has 8 heteroatoms. The maximum absolute atomic E-state index is 12.8. The maximum atomic E-state index is 12.8. The zero-order chi connectivity index (χ0) is 22.0. The van der Waals surface area contributed by atoms with Crippen molar-refractivity contribution in [1.82, 2.24) is 14.8 Å². The fraction of sp³-hybridized carbons (Fsp3) is 0.174. The predicted molar refractivity (Wildman–Crippen MR) is 122 cm³/mol. The number of carbonyl (C=O) groups is 1. The van der Waals surface area contributed by atoms with Crippen molar-refractivity contribution >= 4 is 22.4 Å². The highest BCUT2D eigenvalue weighted by atomic mass is 32.1. The number of anilines is 1. The molecule has 1 amide bonds. The van der Waals surface area contributed by atoms with Crippen molar-refractivity contribution in [3.8, 4) is 28.4 Å². The van der Waals surface area contributed by atoms with Gasteiger partial charge in [-0.3, -0.25) is 10.1 Å². The van der Waals surface area contributed by atoms with Crippen LogP contribution in [0.1, 0.15) is 21.1 Å². The Morgan fingerprint density at radius 1 is 1.00 bits per heavy atom. The van der Waals surface area contributed by atoms with Crippen LogP contribution in [-0.2, 0) is 0 Å². The Kier molecular flexibility index (Phi) is 5.73. The van der Waals surface area contributed by atoms with Gasteiger partial charge in [-0.05, 0) is 50.2 Å². The number of ether oxygens (including phenoxy) is 2. The fourth-order valence-electron chi connectivity index (χ4n) is 3.28. The van der Waals surface area contributed by atoms with Crippen LogP contribution in [0.4, 0.5) is 5.13 Å². The minimum atomic E-state index is -0.301. The summed E-state index contributed by atoms with van der Waals surface area (Å²) in [5.41, 5.74) is 3.78. The number of aryl methyl sites for hydroxylation is 2. The van der Waals surface area contributed by atoms with Crippen LogP contribution in [0.15, 0.2) is 54.6 Å². The lowest BCUT2D eigenvalue weighted by atomic mass is 10.1. The summed E-state index contributed by atoms with van der Waals surface area (Å²) in [6.45, 7) is 3.88. The number of hydrogen-bond acceptors (Lipinski definition) is 6. The molecule has 0 fully saturated rings. The summed E-state index contributed by atoms with van der Waals surface area (Å²) in [7, 11) is 3.19. The van der Waals surface area contributed by atoms with Crippen LogP contribution < -0.4 is 14.8 Å². The summed E-state index contributed by atoms with van der Waals surface area (Å²) in [6.07, 6.45) is 0. The molecule has 1 N–H and O–H groups in total. The zero-order valence-electron chi connectivity index (χ0n) is 17.7. The van der Waals surface area contributed by atoms with Gasteiger partial charge in [0.1, 0.15) is 0 Å². The van der Waals surface area contributed by atoms with Gasteiger partial charge in [0, 0.05) is 16.1 Å². The van der Waals surface area contributed by atoms with E-state index in [9.17, 15) is 4.79 Å². The summed E-state index contributed by atoms with van der Waals surface area (Å²) in [5.74, 6) is 0.974. The van der Waals surface area contributed by atoms with E-state index in [2.05, 4.69) is 15.4 Å². The first kappa shape index (κ1) is 20.6. The lowest BCUT2D eigenvalue weighted by Crippen LogP contribution is -2.13. The van der Waals surface area contributed by atoms with Gasteiger partial charge in [-0.25, -0.2) is 9.67 Å². The molecule has 2 aromatic carbocycles. The van der Waals surface area contributed by atoms with Gasteiger partial charge in [-0.1, -0.05) is 18.2 Å². The SMILES string of the molecule is COc1ccc(-c2nc(NC(=O)c3cc(C)n(-c4ccccc4)n3)sc2C)cc1OC. The minimum absolute atomic E-state index is 0.301. The number of para-hydroxylation sites is 1. The van der Waals surface area contributed by atoms with Gasteiger partial charge in [0.15, 0.2) is 22.3 Å². The first-order valence-corrected chi connectivity index (χ1v) is 10.4. The molecule has 4 rings (SSSR count). The van der Waals surface area contributed by atoms with E-state index in [1.165, 1.54) is 11.3 Å². The standard InChI is InChI=1S/C23H22N4O3S/c1-14-12-18(26-27(14)17-8-6-5-7-9-17)22(28)25-23-24-21(15(2)31-23)16-10-11-19(29-3)20(13-16)30-4/h5-13H,1-4H3,(H,24,25,28). The average Bonchev–Trinajstić information content (AvgIpc) is 3.36. The molecule has 0 aliphatic heterocycles. The predicted octanol–water partition coefficient (Wildman–Crippen LogP) is 4.88. The molecular formula is C23H22N4O3S. The molecule has 0 bridgehead atoms. The van der Waals surface area contributed by atoms with E-state index in [1.807, 2.05) is 62.4 Å². The van der Waals surface area contributed by atoms with E-state index in [-0.39, 0.29) is 5.91 Å². The van der Waals surface area contributed by atoms with E-state index >= 15 is 0 Å². The molecule has 0 saturated heterocycles. The second-order valence-corrected chi connectivity index (χ2v) is 8.07. The van der Waals surface area contributed by atoms with Gasteiger partial charge < -0.3 is 9.47 Å². The van der Waals surface area contributed by atoms with Crippen LogP contribution in [-0.4, -0.2) is 34.9 Å². The number of nitrogens with zero attached hydrogens (tertiary/aromatic N) is 3. The monoisotopic (exact) mass is 434 g/mol. The molecule has 0 saturated carbocycles. The Morgan fingerprint density at radius 2 is 1.74 bits per heavy atom. The quantitative estimate of drug-likeness (QED) is 0.468. The van der Waals surface area contributed by atoms with Crippen LogP contribution in [0.3, 0.4) is 0 Å². The summed E-state index contributed by atoms with van der Waals surface area (Å²) in [5, 5.41) is 7.84. The van der Waals surface area contributed by atoms with Gasteiger partial charge in [0.25, 0.3) is 5.91 Å². The number of aromatic nitrogens is 3. The number of nitrogens with one attached hydrogen (secondary N) is 1. The summed E-state index contributed by atoms with van der Waals surface area (Å²) in [6, 6.07) is 17.1. The summed E-state index contributed by atoms with van der Waals surface area (Å²) >= 11 is 1.41. The second kappa shape index (κ2) is 8.61. The van der Waals surface area contributed by atoms with Gasteiger partial charge in [0.2, 0.25) is 0 Å². The van der Waals surface area contributed by atoms with Crippen molar-refractivity contribution in [3.63, 3.8) is 0 Å². The van der Waals surface area contributed by atoms with Crippen molar-refractivity contribution < 1.29 is 14.3 Å². The molecule has 2 heterocycles. The van der Waals surface area contributed by atoms with E-state index in [4.69, 9.17) is 9.47 Å². The molecule has 2 aromatic heterocycles. The highest BCUT2D eigenvalue weighted by Crippen LogP contribution is 2.36. The highest BCUT2D eigenvalue weighted by Gasteiger charge is 2.17. The summed E-state index contributed by atoms with van der Waals surface area (Å²) < 4.78 is 12.4. The van der Waals surface area contributed by atoms with Gasteiger partial charge in [-0.15, -0.1) is 11.3 Å². The number of benzene rings is 2. The van der Waals surface area contributed by atoms with Crippen molar-refractivity contribution in [1.29, 1.82) is 0 Å².